The average Bonchev–Trinajstić information content (AvgIpc) is 2.55. The first kappa shape index (κ1) is 19.1. The van der Waals surface area contributed by atoms with Gasteiger partial charge in [-0.1, -0.05) is 31.9 Å². The third kappa shape index (κ3) is 6.71. The zero-order chi connectivity index (χ0) is 17.4. The molecule has 1 saturated heterocycles. The first-order valence-electron chi connectivity index (χ1n) is 8.14. The van der Waals surface area contributed by atoms with Gasteiger partial charge < -0.3 is 18.8 Å². The summed E-state index contributed by atoms with van der Waals surface area (Å²) in [5, 5.41) is 0. The van der Waals surface area contributed by atoms with Gasteiger partial charge in [0.05, 0.1) is 6.61 Å². The SMILES string of the molecule is CCCCCOCC1COB(c2ccc(OC(F)(F)F)cc2)OC1. The average molecular weight is 346 g/mol. The van der Waals surface area contributed by atoms with Gasteiger partial charge in [0.2, 0.25) is 0 Å². The van der Waals surface area contributed by atoms with E-state index in [9.17, 15) is 13.2 Å². The second kappa shape index (κ2) is 9.29. The summed E-state index contributed by atoms with van der Waals surface area (Å²) in [7, 11) is -0.568. The van der Waals surface area contributed by atoms with E-state index in [-0.39, 0.29) is 11.7 Å². The van der Waals surface area contributed by atoms with Gasteiger partial charge in [0.15, 0.2) is 0 Å². The van der Waals surface area contributed by atoms with Gasteiger partial charge >= 0.3 is 13.5 Å². The summed E-state index contributed by atoms with van der Waals surface area (Å²) < 4.78 is 57.1. The minimum atomic E-state index is -4.69. The highest BCUT2D eigenvalue weighted by atomic mass is 19.4. The van der Waals surface area contributed by atoms with Crippen molar-refractivity contribution in [1.29, 1.82) is 0 Å². The molecule has 24 heavy (non-hydrogen) atoms. The quantitative estimate of drug-likeness (QED) is 0.535. The predicted molar refractivity (Wildman–Crippen MR) is 84.3 cm³/mol. The molecule has 2 rings (SSSR count). The highest BCUT2D eigenvalue weighted by Crippen LogP contribution is 2.21. The van der Waals surface area contributed by atoms with Crippen molar-refractivity contribution in [3.63, 3.8) is 0 Å². The number of alkyl halides is 3. The number of hydrogen-bond acceptors (Lipinski definition) is 4. The van der Waals surface area contributed by atoms with Crippen LogP contribution >= 0.6 is 0 Å². The van der Waals surface area contributed by atoms with Crippen LogP contribution in [0.4, 0.5) is 13.2 Å². The summed E-state index contributed by atoms with van der Waals surface area (Å²) in [5.74, 6) is -0.0869. The van der Waals surface area contributed by atoms with E-state index in [2.05, 4.69) is 11.7 Å². The monoisotopic (exact) mass is 346 g/mol. The number of halogens is 3. The van der Waals surface area contributed by atoms with Crippen LogP contribution in [0.5, 0.6) is 5.75 Å². The Morgan fingerprint density at radius 2 is 1.79 bits per heavy atom. The maximum Gasteiger partial charge on any atom is 0.573 e. The van der Waals surface area contributed by atoms with E-state index in [1.807, 2.05) is 0 Å². The van der Waals surface area contributed by atoms with Crippen molar-refractivity contribution in [2.45, 2.75) is 32.5 Å². The maximum atomic E-state index is 12.1. The van der Waals surface area contributed by atoms with E-state index in [4.69, 9.17) is 14.0 Å². The normalized spacial score (nSPS) is 16.4. The molecule has 0 amide bonds. The number of rotatable bonds is 8. The van der Waals surface area contributed by atoms with Crippen molar-refractivity contribution in [3.8, 4) is 5.75 Å². The molecule has 1 heterocycles. The van der Waals surface area contributed by atoms with Crippen LogP contribution in [0.15, 0.2) is 24.3 Å². The van der Waals surface area contributed by atoms with E-state index < -0.39 is 13.5 Å². The van der Waals surface area contributed by atoms with Crippen LogP contribution in [-0.4, -0.2) is 39.9 Å². The third-order valence-electron chi connectivity index (χ3n) is 3.60. The van der Waals surface area contributed by atoms with Crippen molar-refractivity contribution in [2.24, 2.45) is 5.92 Å². The molecule has 0 aromatic heterocycles. The lowest BCUT2D eigenvalue weighted by molar-refractivity contribution is -0.274. The van der Waals surface area contributed by atoms with Gasteiger partial charge in [0, 0.05) is 25.7 Å². The van der Waals surface area contributed by atoms with Gasteiger partial charge in [0.25, 0.3) is 0 Å². The van der Waals surface area contributed by atoms with Crippen molar-refractivity contribution >= 4 is 12.6 Å². The molecule has 0 spiro atoms. The summed E-state index contributed by atoms with van der Waals surface area (Å²) >= 11 is 0. The van der Waals surface area contributed by atoms with E-state index in [1.54, 1.807) is 0 Å². The zero-order valence-electron chi connectivity index (χ0n) is 13.7. The molecule has 0 N–H and O–H groups in total. The lowest BCUT2D eigenvalue weighted by Crippen LogP contribution is -2.45. The second-order valence-corrected chi connectivity index (χ2v) is 5.76. The molecule has 4 nitrogen and oxygen atoms in total. The third-order valence-corrected chi connectivity index (χ3v) is 3.60. The number of unbranched alkanes of at least 4 members (excludes halogenated alkanes) is 2. The Hall–Kier alpha value is -1.25. The van der Waals surface area contributed by atoms with Crippen LogP contribution in [0, 0.1) is 5.92 Å². The standard InChI is InChI=1S/C16H22BF3O4/c1-2-3-4-9-21-10-13-11-22-17(23-12-13)14-5-7-15(8-6-14)24-16(18,19)20/h5-8,13H,2-4,9-12H2,1H3. The van der Waals surface area contributed by atoms with Gasteiger partial charge in [-0.15, -0.1) is 13.2 Å². The van der Waals surface area contributed by atoms with E-state index in [0.717, 1.165) is 25.9 Å². The zero-order valence-corrected chi connectivity index (χ0v) is 13.7. The van der Waals surface area contributed by atoms with E-state index >= 15 is 0 Å². The van der Waals surface area contributed by atoms with Gasteiger partial charge in [-0.05, 0) is 24.0 Å². The van der Waals surface area contributed by atoms with E-state index in [0.29, 0.717) is 25.3 Å². The van der Waals surface area contributed by atoms with Gasteiger partial charge in [-0.2, -0.15) is 0 Å². The van der Waals surface area contributed by atoms with Crippen LogP contribution in [0.2, 0.25) is 0 Å². The predicted octanol–water partition coefficient (Wildman–Crippen LogP) is 3.15. The smallest absolute Gasteiger partial charge is 0.407 e. The van der Waals surface area contributed by atoms with Crippen molar-refractivity contribution < 1.29 is 32.0 Å². The highest BCUT2D eigenvalue weighted by molar-refractivity contribution is 6.61. The van der Waals surface area contributed by atoms with Crippen LogP contribution in [0.1, 0.15) is 26.2 Å². The minimum absolute atomic E-state index is 0.177. The molecule has 8 heteroatoms. The fraction of sp³-hybridized carbons (Fsp3) is 0.625. The molecule has 0 bridgehead atoms. The molecular formula is C16H22BF3O4. The molecule has 0 atom stereocenters. The lowest BCUT2D eigenvalue weighted by Gasteiger charge is -2.27. The molecule has 0 radical (unpaired) electrons. The van der Waals surface area contributed by atoms with Crippen molar-refractivity contribution in [2.75, 3.05) is 26.4 Å². The topological polar surface area (TPSA) is 36.9 Å². The number of ether oxygens (including phenoxy) is 2. The Morgan fingerprint density at radius 1 is 1.12 bits per heavy atom. The Morgan fingerprint density at radius 3 is 2.38 bits per heavy atom. The fourth-order valence-corrected chi connectivity index (χ4v) is 2.36. The Kier molecular flexibility index (Phi) is 7.39. The highest BCUT2D eigenvalue weighted by Gasteiger charge is 2.32. The Balaban J connectivity index is 1.72. The Bertz CT molecular complexity index is 473. The van der Waals surface area contributed by atoms with Crippen LogP contribution in [0.3, 0.4) is 0 Å². The summed E-state index contributed by atoms with van der Waals surface area (Å²) in [5.41, 5.74) is 0.659. The van der Waals surface area contributed by atoms with Crippen LogP contribution < -0.4 is 10.2 Å². The summed E-state index contributed by atoms with van der Waals surface area (Å²) in [6.45, 7) is 4.48. The largest absolute Gasteiger partial charge is 0.573 e. The lowest BCUT2D eigenvalue weighted by atomic mass is 9.77. The number of hydrogen-bond donors (Lipinski definition) is 0. The maximum absolute atomic E-state index is 12.1. The molecule has 1 aliphatic rings. The molecule has 1 aliphatic heterocycles. The van der Waals surface area contributed by atoms with Gasteiger partial charge in [0.1, 0.15) is 5.75 Å². The minimum Gasteiger partial charge on any atom is -0.407 e. The van der Waals surface area contributed by atoms with Crippen LogP contribution in [-0.2, 0) is 14.0 Å². The van der Waals surface area contributed by atoms with Crippen molar-refractivity contribution in [3.05, 3.63) is 24.3 Å². The molecule has 0 aliphatic carbocycles. The Labute approximate surface area is 140 Å². The molecular weight excluding hydrogens is 324 g/mol. The molecule has 1 fully saturated rings. The van der Waals surface area contributed by atoms with Gasteiger partial charge in [-0.25, -0.2) is 0 Å². The van der Waals surface area contributed by atoms with Crippen LogP contribution in [0.25, 0.3) is 0 Å². The second-order valence-electron chi connectivity index (χ2n) is 5.76. The molecule has 0 unspecified atom stereocenters. The first-order valence-corrected chi connectivity index (χ1v) is 8.14. The number of benzene rings is 1. The molecule has 134 valence electrons. The molecule has 0 saturated carbocycles. The molecule has 1 aromatic carbocycles. The van der Waals surface area contributed by atoms with Gasteiger partial charge in [-0.3, -0.25) is 0 Å². The summed E-state index contributed by atoms with van der Waals surface area (Å²) in [6.07, 6.45) is -1.31. The first-order chi connectivity index (χ1) is 11.5. The summed E-state index contributed by atoms with van der Waals surface area (Å²) in [6, 6.07) is 5.51. The van der Waals surface area contributed by atoms with Crippen molar-refractivity contribution in [1.82, 2.24) is 0 Å². The molecule has 1 aromatic rings. The summed E-state index contributed by atoms with van der Waals surface area (Å²) in [4.78, 5) is 0. The fourth-order valence-electron chi connectivity index (χ4n) is 2.36. The van der Waals surface area contributed by atoms with E-state index in [1.165, 1.54) is 24.3 Å².